The van der Waals surface area contributed by atoms with Gasteiger partial charge in [-0.05, 0) is 43.0 Å². The van der Waals surface area contributed by atoms with E-state index in [1.807, 2.05) is 18.4 Å². The predicted octanol–water partition coefficient (Wildman–Crippen LogP) is 3.37. The summed E-state index contributed by atoms with van der Waals surface area (Å²) in [5.74, 6) is 1.68. The van der Waals surface area contributed by atoms with Gasteiger partial charge in [-0.15, -0.1) is 11.3 Å². The van der Waals surface area contributed by atoms with Crippen molar-refractivity contribution < 1.29 is 4.79 Å². The van der Waals surface area contributed by atoms with Gasteiger partial charge in [0.1, 0.15) is 0 Å². The number of nitrogens with one attached hydrogen (secondary N) is 2. The zero-order valence-electron chi connectivity index (χ0n) is 16.8. The lowest BCUT2D eigenvalue weighted by molar-refractivity contribution is -0.121. The molecule has 2 fully saturated rings. The van der Waals surface area contributed by atoms with Crippen molar-refractivity contribution in [3.63, 3.8) is 0 Å². The summed E-state index contributed by atoms with van der Waals surface area (Å²) in [4.78, 5) is 20.1. The number of guanidine groups is 1. The first-order valence-corrected chi connectivity index (χ1v) is 11.2. The average molecular weight is 391 g/mol. The number of carbonyl (C=O) groups is 1. The first-order valence-electron chi connectivity index (χ1n) is 10.4. The number of aliphatic imine (C=N–C) groups is 1. The molecule has 1 saturated heterocycles. The molecular weight excluding hydrogens is 356 g/mol. The van der Waals surface area contributed by atoms with E-state index in [-0.39, 0.29) is 11.3 Å². The van der Waals surface area contributed by atoms with Gasteiger partial charge in [0.25, 0.3) is 0 Å². The summed E-state index contributed by atoms with van der Waals surface area (Å²) in [6.07, 6.45) is 9.32. The molecule has 2 heterocycles. The van der Waals surface area contributed by atoms with Gasteiger partial charge in [-0.3, -0.25) is 9.79 Å². The molecule has 0 atom stereocenters. The lowest BCUT2D eigenvalue weighted by Crippen LogP contribution is -2.50. The van der Waals surface area contributed by atoms with E-state index in [9.17, 15) is 4.79 Å². The monoisotopic (exact) mass is 390 g/mol. The van der Waals surface area contributed by atoms with E-state index in [2.05, 4.69) is 38.0 Å². The van der Waals surface area contributed by atoms with Crippen LogP contribution in [-0.4, -0.2) is 50.5 Å². The third kappa shape index (κ3) is 5.03. The maximum atomic E-state index is 11.6. The second-order valence-electron chi connectivity index (χ2n) is 8.03. The van der Waals surface area contributed by atoms with Crippen LogP contribution in [0.15, 0.2) is 22.5 Å². The number of thiophene rings is 1. The highest BCUT2D eigenvalue weighted by Gasteiger charge is 2.35. The fourth-order valence-electron chi connectivity index (χ4n) is 4.61. The van der Waals surface area contributed by atoms with Crippen LogP contribution < -0.4 is 10.6 Å². The standard InChI is InChI=1S/C21H34N4OS/c1-22-19(26)15-17-8-12-25(13-9-17)20(23-2)24-16-21(10-4-3-5-11-21)18-7-6-14-27-18/h6-7,14,17H,3-5,8-13,15-16H2,1-2H3,(H,22,26)(H,23,24). The number of piperidine rings is 1. The van der Waals surface area contributed by atoms with Gasteiger partial charge in [0.15, 0.2) is 5.96 Å². The van der Waals surface area contributed by atoms with Gasteiger partial charge in [-0.2, -0.15) is 0 Å². The summed E-state index contributed by atoms with van der Waals surface area (Å²) in [6, 6.07) is 4.49. The molecule has 150 valence electrons. The summed E-state index contributed by atoms with van der Waals surface area (Å²) >= 11 is 1.90. The molecule has 1 saturated carbocycles. The Hall–Kier alpha value is -1.56. The molecule has 2 N–H and O–H groups in total. The average Bonchev–Trinajstić information content (AvgIpc) is 3.26. The number of amides is 1. The zero-order chi connectivity index (χ0) is 19.1. The normalized spacial score (nSPS) is 21.1. The van der Waals surface area contributed by atoms with Crippen LogP contribution in [0, 0.1) is 5.92 Å². The molecular formula is C21H34N4OS. The first-order chi connectivity index (χ1) is 13.2. The van der Waals surface area contributed by atoms with Crippen molar-refractivity contribution in [2.45, 2.75) is 56.8 Å². The summed E-state index contributed by atoms with van der Waals surface area (Å²) < 4.78 is 0. The Balaban J connectivity index is 1.56. The highest BCUT2D eigenvalue weighted by atomic mass is 32.1. The number of likely N-dealkylation sites (tertiary alicyclic amines) is 1. The van der Waals surface area contributed by atoms with Crippen molar-refractivity contribution in [2.24, 2.45) is 10.9 Å². The predicted molar refractivity (Wildman–Crippen MR) is 113 cm³/mol. The van der Waals surface area contributed by atoms with Crippen molar-refractivity contribution in [2.75, 3.05) is 33.7 Å². The van der Waals surface area contributed by atoms with E-state index in [0.29, 0.717) is 12.3 Å². The highest BCUT2D eigenvalue weighted by Crippen LogP contribution is 2.41. The maximum Gasteiger partial charge on any atom is 0.220 e. The summed E-state index contributed by atoms with van der Waals surface area (Å²) in [5.41, 5.74) is 0.264. The smallest absolute Gasteiger partial charge is 0.220 e. The van der Waals surface area contributed by atoms with Crippen molar-refractivity contribution in [1.82, 2.24) is 15.5 Å². The van der Waals surface area contributed by atoms with E-state index in [4.69, 9.17) is 0 Å². The molecule has 1 aromatic heterocycles. The van der Waals surface area contributed by atoms with Crippen LogP contribution in [-0.2, 0) is 10.2 Å². The van der Waals surface area contributed by atoms with E-state index in [0.717, 1.165) is 38.4 Å². The summed E-state index contributed by atoms with van der Waals surface area (Å²) in [7, 11) is 3.61. The van der Waals surface area contributed by atoms with E-state index in [1.165, 1.54) is 37.0 Å². The largest absolute Gasteiger partial charge is 0.359 e. The Labute approximate surface area is 167 Å². The molecule has 1 amide bonds. The molecule has 0 unspecified atom stereocenters. The topological polar surface area (TPSA) is 56.7 Å². The Morgan fingerprint density at radius 3 is 2.63 bits per heavy atom. The van der Waals surface area contributed by atoms with Crippen molar-refractivity contribution >= 4 is 23.2 Å². The van der Waals surface area contributed by atoms with Crippen LogP contribution in [0.4, 0.5) is 0 Å². The molecule has 1 aliphatic carbocycles. The third-order valence-electron chi connectivity index (χ3n) is 6.32. The molecule has 2 aliphatic rings. The fourth-order valence-corrected chi connectivity index (χ4v) is 5.60. The molecule has 5 nitrogen and oxygen atoms in total. The Morgan fingerprint density at radius 2 is 2.04 bits per heavy atom. The zero-order valence-corrected chi connectivity index (χ0v) is 17.6. The van der Waals surface area contributed by atoms with Gasteiger partial charge < -0.3 is 15.5 Å². The molecule has 1 aromatic rings. The van der Waals surface area contributed by atoms with Crippen LogP contribution in [0.25, 0.3) is 0 Å². The van der Waals surface area contributed by atoms with Gasteiger partial charge in [0, 0.05) is 50.4 Å². The van der Waals surface area contributed by atoms with Gasteiger partial charge in [-0.1, -0.05) is 25.3 Å². The Bertz CT molecular complexity index is 614. The Kier molecular flexibility index (Phi) is 7.16. The summed E-state index contributed by atoms with van der Waals surface area (Å²) in [5, 5.41) is 8.66. The van der Waals surface area contributed by atoms with Crippen molar-refractivity contribution in [1.29, 1.82) is 0 Å². The quantitative estimate of drug-likeness (QED) is 0.599. The SMILES string of the molecule is CN=C(NCC1(c2cccs2)CCCCC1)N1CCC(CC(=O)NC)CC1. The molecule has 0 aromatic carbocycles. The van der Waals surface area contributed by atoms with Crippen LogP contribution >= 0.6 is 11.3 Å². The highest BCUT2D eigenvalue weighted by molar-refractivity contribution is 7.10. The van der Waals surface area contributed by atoms with E-state index in [1.54, 1.807) is 7.05 Å². The Morgan fingerprint density at radius 1 is 1.30 bits per heavy atom. The van der Waals surface area contributed by atoms with E-state index >= 15 is 0 Å². The van der Waals surface area contributed by atoms with Crippen molar-refractivity contribution in [3.05, 3.63) is 22.4 Å². The summed E-state index contributed by atoms with van der Waals surface area (Å²) in [6.45, 7) is 2.93. The molecule has 0 radical (unpaired) electrons. The van der Waals surface area contributed by atoms with Gasteiger partial charge >= 0.3 is 0 Å². The van der Waals surface area contributed by atoms with Crippen LogP contribution in [0.5, 0.6) is 0 Å². The van der Waals surface area contributed by atoms with Crippen LogP contribution in [0.2, 0.25) is 0 Å². The number of rotatable bonds is 5. The molecule has 27 heavy (non-hydrogen) atoms. The number of carbonyl (C=O) groups excluding carboxylic acids is 1. The molecule has 3 rings (SSSR count). The van der Waals surface area contributed by atoms with Crippen LogP contribution in [0.1, 0.15) is 56.2 Å². The number of nitrogens with zero attached hydrogens (tertiary/aromatic N) is 2. The fraction of sp³-hybridized carbons (Fsp3) is 0.714. The lowest BCUT2D eigenvalue weighted by atomic mass is 9.73. The van der Waals surface area contributed by atoms with Crippen molar-refractivity contribution in [3.8, 4) is 0 Å². The van der Waals surface area contributed by atoms with E-state index < -0.39 is 0 Å². The maximum absolute atomic E-state index is 11.6. The second-order valence-corrected chi connectivity index (χ2v) is 8.97. The minimum Gasteiger partial charge on any atom is -0.359 e. The molecule has 0 spiro atoms. The minimum atomic E-state index is 0.158. The number of hydrogen-bond acceptors (Lipinski definition) is 3. The van der Waals surface area contributed by atoms with Gasteiger partial charge in [-0.25, -0.2) is 0 Å². The third-order valence-corrected chi connectivity index (χ3v) is 7.43. The first kappa shape index (κ1) is 20.2. The molecule has 6 heteroatoms. The molecule has 1 aliphatic heterocycles. The minimum absolute atomic E-state index is 0.158. The second kappa shape index (κ2) is 9.58. The number of hydrogen-bond donors (Lipinski definition) is 2. The van der Waals surface area contributed by atoms with Gasteiger partial charge in [0.05, 0.1) is 0 Å². The van der Waals surface area contributed by atoms with Crippen LogP contribution in [0.3, 0.4) is 0 Å². The van der Waals surface area contributed by atoms with Gasteiger partial charge in [0.2, 0.25) is 5.91 Å². The molecule has 0 bridgehead atoms. The lowest BCUT2D eigenvalue weighted by Gasteiger charge is -2.39.